The van der Waals surface area contributed by atoms with Crippen molar-refractivity contribution in [1.29, 1.82) is 0 Å². The Kier molecular flexibility index (Phi) is 11.0. The van der Waals surface area contributed by atoms with Gasteiger partial charge in [0.05, 0.1) is 47.3 Å². The summed E-state index contributed by atoms with van der Waals surface area (Å²) in [4.78, 5) is 21.8. The lowest BCUT2D eigenvalue weighted by molar-refractivity contribution is -0.117. The molecule has 1 heterocycles. The van der Waals surface area contributed by atoms with Crippen LogP contribution in [-0.2, 0) is 9.59 Å². The smallest absolute Gasteiger partial charge is 0.255 e. The quantitative estimate of drug-likeness (QED) is 0.396. The first-order valence-corrected chi connectivity index (χ1v) is 9.63. The first kappa shape index (κ1) is 26.2. The predicted molar refractivity (Wildman–Crippen MR) is 122 cm³/mol. The van der Waals surface area contributed by atoms with Crippen molar-refractivity contribution in [2.45, 2.75) is 6.92 Å². The minimum atomic E-state index is -0.0794. The fourth-order valence-corrected chi connectivity index (χ4v) is 2.76. The van der Waals surface area contributed by atoms with E-state index in [2.05, 4.69) is 12.3 Å². The first-order valence-electron chi connectivity index (χ1n) is 9.63. The Labute approximate surface area is 188 Å². The van der Waals surface area contributed by atoms with Crippen LogP contribution in [0.4, 0.5) is 5.69 Å². The number of benzene rings is 2. The maximum Gasteiger partial charge on any atom is 0.255 e. The molecule has 1 aliphatic rings. The number of amides is 2. The molecule has 0 radical (unpaired) electrons. The molecule has 0 aliphatic carbocycles. The molecule has 1 fully saturated rings. The van der Waals surface area contributed by atoms with E-state index in [1.54, 1.807) is 24.1 Å². The molecule has 0 atom stereocenters. The van der Waals surface area contributed by atoms with E-state index in [4.69, 9.17) is 28.5 Å². The predicted octanol–water partition coefficient (Wildman–Crippen LogP) is 2.81. The lowest BCUT2D eigenvalue weighted by atomic mass is 10.1. The molecule has 2 aromatic carbocycles. The molecule has 2 N–H and O–H groups in total. The van der Waals surface area contributed by atoms with Gasteiger partial charge in [-0.2, -0.15) is 0 Å². The highest BCUT2D eigenvalue weighted by Gasteiger charge is 2.31. The van der Waals surface area contributed by atoms with Gasteiger partial charge in [0.1, 0.15) is 0 Å². The minimum absolute atomic E-state index is 0.0794. The Balaban J connectivity index is 0.000000312. The lowest BCUT2D eigenvalue weighted by Gasteiger charge is -2.33. The molecular formula is C23H30N2O7. The van der Waals surface area contributed by atoms with Crippen molar-refractivity contribution >= 4 is 18.0 Å². The van der Waals surface area contributed by atoms with E-state index in [0.29, 0.717) is 41.7 Å². The van der Waals surface area contributed by atoms with Crippen LogP contribution in [0.3, 0.4) is 0 Å². The summed E-state index contributed by atoms with van der Waals surface area (Å²) in [5.41, 5.74) is 5.48. The molecule has 1 saturated heterocycles. The molecule has 9 heteroatoms. The van der Waals surface area contributed by atoms with Crippen LogP contribution >= 0.6 is 0 Å². The number of para-hydroxylation sites is 2. The average Bonchev–Trinajstić information content (AvgIpc) is 2.82. The van der Waals surface area contributed by atoms with Crippen molar-refractivity contribution in [3.05, 3.63) is 48.6 Å². The number of nitrogens with zero attached hydrogens (tertiary/aromatic N) is 1. The van der Waals surface area contributed by atoms with Crippen LogP contribution < -0.4 is 34.3 Å². The van der Waals surface area contributed by atoms with E-state index in [1.807, 2.05) is 31.2 Å². The van der Waals surface area contributed by atoms with Crippen molar-refractivity contribution in [2.75, 3.05) is 46.5 Å². The average molecular weight is 447 g/mol. The van der Waals surface area contributed by atoms with Gasteiger partial charge in [0, 0.05) is 17.7 Å². The Morgan fingerprint density at radius 2 is 1.47 bits per heavy atom. The van der Waals surface area contributed by atoms with Gasteiger partial charge in [-0.1, -0.05) is 18.7 Å². The molecule has 2 aromatic rings. The molecule has 32 heavy (non-hydrogen) atoms. The standard InChI is InChI=1S/C13H15NO4.C9H12O2.CH3NO/c1-8-7-14(13(8)15)9-5-10(16-2)12(18-4)11(6-9)17-3;1-3-11-9-7-5-4-6-8(9)10-2;2-1-3/h5-6H,1,7H2,2-4H3;4-7H,3H2,1-2H3;1H,(H2,2,3). The van der Waals surface area contributed by atoms with E-state index >= 15 is 0 Å². The normalized spacial score (nSPS) is 11.6. The molecule has 174 valence electrons. The SMILES string of the molecule is C=C1CN(c2cc(OC)c(OC)c(OC)c2)C1=O.CCOc1ccccc1OC.NC=O. The Morgan fingerprint density at radius 1 is 0.969 bits per heavy atom. The highest BCUT2D eigenvalue weighted by atomic mass is 16.5. The molecule has 0 spiro atoms. The van der Waals surface area contributed by atoms with Gasteiger partial charge in [-0.15, -0.1) is 0 Å². The molecule has 1 aliphatic heterocycles. The highest BCUT2D eigenvalue weighted by molar-refractivity contribution is 6.13. The van der Waals surface area contributed by atoms with Gasteiger partial charge in [-0.05, 0) is 19.1 Å². The van der Waals surface area contributed by atoms with Crippen molar-refractivity contribution in [3.63, 3.8) is 0 Å². The monoisotopic (exact) mass is 446 g/mol. The van der Waals surface area contributed by atoms with Gasteiger partial charge in [-0.3, -0.25) is 9.59 Å². The Bertz CT molecular complexity index is 890. The molecule has 0 bridgehead atoms. The molecular weight excluding hydrogens is 416 g/mol. The summed E-state index contributed by atoms with van der Waals surface area (Å²) in [6.07, 6.45) is 0.250. The van der Waals surface area contributed by atoms with Gasteiger partial charge in [0.2, 0.25) is 12.2 Å². The second-order valence-corrected chi connectivity index (χ2v) is 6.10. The summed E-state index contributed by atoms with van der Waals surface area (Å²) in [6.45, 7) is 6.80. The second-order valence-electron chi connectivity index (χ2n) is 6.10. The van der Waals surface area contributed by atoms with E-state index in [1.165, 1.54) is 21.3 Å². The van der Waals surface area contributed by atoms with Gasteiger partial charge in [0.15, 0.2) is 23.0 Å². The van der Waals surface area contributed by atoms with Crippen LogP contribution in [0, 0.1) is 0 Å². The summed E-state index contributed by atoms with van der Waals surface area (Å²) in [7, 11) is 6.25. The molecule has 2 amide bonds. The van der Waals surface area contributed by atoms with Crippen molar-refractivity contribution < 1.29 is 33.3 Å². The zero-order valence-corrected chi connectivity index (χ0v) is 19.0. The van der Waals surface area contributed by atoms with E-state index < -0.39 is 0 Å². The number of carbonyl (C=O) groups is 2. The van der Waals surface area contributed by atoms with Crippen LogP contribution in [0.2, 0.25) is 0 Å². The number of methoxy groups -OCH3 is 4. The third-order valence-electron chi connectivity index (χ3n) is 4.23. The van der Waals surface area contributed by atoms with Crippen molar-refractivity contribution in [3.8, 4) is 28.7 Å². The number of primary amides is 1. The summed E-state index contributed by atoms with van der Waals surface area (Å²) >= 11 is 0. The first-order chi connectivity index (χ1) is 15.4. The fraction of sp³-hybridized carbons (Fsp3) is 0.304. The van der Waals surface area contributed by atoms with E-state index in [-0.39, 0.29) is 12.3 Å². The zero-order valence-electron chi connectivity index (χ0n) is 19.0. The van der Waals surface area contributed by atoms with Crippen LogP contribution in [0.5, 0.6) is 28.7 Å². The van der Waals surface area contributed by atoms with Crippen LogP contribution in [0.15, 0.2) is 48.6 Å². The molecule has 0 unspecified atom stereocenters. The maximum atomic E-state index is 11.6. The topological polar surface area (TPSA) is 110 Å². The number of β-lactam (4-membered cyclic amide) rings is 1. The highest BCUT2D eigenvalue weighted by Crippen LogP contribution is 2.42. The summed E-state index contributed by atoms with van der Waals surface area (Å²) < 4.78 is 26.1. The number of ether oxygens (including phenoxy) is 5. The van der Waals surface area contributed by atoms with E-state index in [0.717, 1.165) is 11.5 Å². The van der Waals surface area contributed by atoms with Crippen LogP contribution in [0.25, 0.3) is 0 Å². The lowest BCUT2D eigenvalue weighted by Crippen LogP contribution is -2.45. The number of hydrogen-bond acceptors (Lipinski definition) is 7. The Hall–Kier alpha value is -3.88. The van der Waals surface area contributed by atoms with Gasteiger partial charge >= 0.3 is 0 Å². The van der Waals surface area contributed by atoms with Gasteiger partial charge < -0.3 is 34.3 Å². The Morgan fingerprint density at radius 3 is 1.84 bits per heavy atom. The van der Waals surface area contributed by atoms with Crippen LogP contribution in [-0.4, -0.2) is 53.9 Å². The largest absolute Gasteiger partial charge is 0.493 e. The second kappa shape index (κ2) is 13.4. The maximum absolute atomic E-state index is 11.6. The number of nitrogens with two attached hydrogens (primary N) is 1. The third-order valence-corrected chi connectivity index (χ3v) is 4.23. The van der Waals surface area contributed by atoms with Gasteiger partial charge in [0.25, 0.3) is 5.91 Å². The molecule has 3 rings (SSSR count). The summed E-state index contributed by atoms with van der Waals surface area (Å²) in [6, 6.07) is 11.1. The van der Waals surface area contributed by atoms with Gasteiger partial charge in [-0.25, -0.2) is 0 Å². The van der Waals surface area contributed by atoms with Crippen molar-refractivity contribution in [2.24, 2.45) is 5.73 Å². The zero-order chi connectivity index (χ0) is 24.1. The molecule has 0 aromatic heterocycles. The minimum Gasteiger partial charge on any atom is -0.493 e. The molecule has 9 nitrogen and oxygen atoms in total. The molecule has 0 saturated carbocycles. The number of rotatable bonds is 7. The fourth-order valence-electron chi connectivity index (χ4n) is 2.76. The van der Waals surface area contributed by atoms with Crippen LogP contribution in [0.1, 0.15) is 6.92 Å². The third kappa shape index (κ3) is 6.56. The van der Waals surface area contributed by atoms with E-state index in [9.17, 15) is 4.79 Å². The summed E-state index contributed by atoms with van der Waals surface area (Å²) in [5, 5.41) is 0. The number of hydrogen-bond donors (Lipinski definition) is 1. The van der Waals surface area contributed by atoms with Crippen molar-refractivity contribution in [1.82, 2.24) is 0 Å². The number of carbonyl (C=O) groups excluding carboxylic acids is 2. The number of anilines is 1. The summed E-state index contributed by atoms with van der Waals surface area (Å²) in [5.74, 6) is 3.07.